The first-order chi connectivity index (χ1) is 10.1. The Hall–Kier alpha value is -0.570. The van der Waals surface area contributed by atoms with Crippen LogP contribution in [0.3, 0.4) is 0 Å². The van der Waals surface area contributed by atoms with Gasteiger partial charge in [-0.1, -0.05) is 20.8 Å². The highest BCUT2D eigenvalue weighted by Crippen LogP contribution is 2.15. The zero-order chi connectivity index (χ0) is 15.7. The average molecular weight is 425 g/mol. The Morgan fingerprint density at radius 1 is 1.27 bits per heavy atom. The van der Waals surface area contributed by atoms with Gasteiger partial charge < -0.3 is 16.0 Å². The third kappa shape index (κ3) is 7.62. The number of likely N-dealkylation sites (tertiary alicyclic amines) is 1. The Kier molecular flexibility index (Phi) is 11.6. The first-order valence-electron chi connectivity index (χ1n) is 8.04. The van der Waals surface area contributed by atoms with Crippen LogP contribution >= 0.6 is 24.0 Å². The van der Waals surface area contributed by atoms with Crippen LogP contribution in [0, 0.1) is 5.92 Å². The summed E-state index contributed by atoms with van der Waals surface area (Å²) in [4.78, 5) is 18.2. The van der Waals surface area contributed by atoms with E-state index in [1.807, 2.05) is 13.8 Å². The monoisotopic (exact) mass is 425 g/mol. The lowest BCUT2D eigenvalue weighted by Gasteiger charge is -2.24. The van der Waals surface area contributed by atoms with Crippen molar-refractivity contribution in [2.24, 2.45) is 10.9 Å². The number of carbonyl (C=O) groups excluding carboxylic acids is 1. The quantitative estimate of drug-likeness (QED) is 0.247. The second-order valence-electron chi connectivity index (χ2n) is 5.75. The van der Waals surface area contributed by atoms with Gasteiger partial charge in [0.25, 0.3) is 0 Å². The molecule has 0 aliphatic carbocycles. The first kappa shape index (κ1) is 21.4. The molecule has 1 saturated heterocycles. The van der Waals surface area contributed by atoms with Crippen molar-refractivity contribution in [1.82, 2.24) is 20.9 Å². The average Bonchev–Trinajstić information content (AvgIpc) is 2.93. The van der Waals surface area contributed by atoms with Gasteiger partial charge >= 0.3 is 0 Å². The fraction of sp³-hybridized carbons (Fsp3) is 0.867. The molecule has 0 aromatic rings. The molecule has 0 radical (unpaired) electrons. The van der Waals surface area contributed by atoms with Gasteiger partial charge in [0.1, 0.15) is 0 Å². The summed E-state index contributed by atoms with van der Waals surface area (Å²) in [6.07, 6.45) is 2.54. The minimum atomic E-state index is 0. The van der Waals surface area contributed by atoms with Gasteiger partial charge in [0, 0.05) is 38.6 Å². The normalized spacial score (nSPS) is 19.0. The van der Waals surface area contributed by atoms with Crippen LogP contribution in [0.15, 0.2) is 4.99 Å². The number of guanidine groups is 1. The van der Waals surface area contributed by atoms with Crippen LogP contribution in [0.4, 0.5) is 0 Å². The van der Waals surface area contributed by atoms with Gasteiger partial charge in [-0.25, -0.2) is 0 Å². The molecule has 0 bridgehead atoms. The van der Waals surface area contributed by atoms with Gasteiger partial charge in [0.2, 0.25) is 5.91 Å². The van der Waals surface area contributed by atoms with Crippen LogP contribution < -0.4 is 16.0 Å². The molecule has 1 rings (SSSR count). The maximum atomic E-state index is 11.4. The van der Waals surface area contributed by atoms with E-state index < -0.39 is 0 Å². The standard InChI is InChI=1S/C15H31N5O.HI/c1-5-20-10-6-7-13(20)11-19-15(16-4)18-9-8-17-14(21)12(2)3;/h12-13H,5-11H2,1-4H3,(H,17,21)(H2,16,18,19);1H. The third-order valence-corrected chi connectivity index (χ3v) is 3.88. The molecule has 6 nitrogen and oxygen atoms in total. The summed E-state index contributed by atoms with van der Waals surface area (Å²) in [6, 6.07) is 0.606. The van der Waals surface area contributed by atoms with E-state index in [0.29, 0.717) is 19.1 Å². The lowest BCUT2D eigenvalue weighted by Crippen LogP contribution is -2.46. The SMILES string of the molecule is CCN1CCCC1CNC(=NC)NCCNC(=O)C(C)C.I. The summed E-state index contributed by atoms with van der Waals surface area (Å²) in [6.45, 7) is 10.5. The van der Waals surface area contributed by atoms with Crippen molar-refractivity contribution in [3.63, 3.8) is 0 Å². The summed E-state index contributed by atoms with van der Waals surface area (Å²) in [5.74, 6) is 0.922. The molecule has 1 aliphatic heterocycles. The smallest absolute Gasteiger partial charge is 0.222 e. The van der Waals surface area contributed by atoms with Crippen LogP contribution in [0.5, 0.6) is 0 Å². The summed E-state index contributed by atoms with van der Waals surface area (Å²) in [5, 5.41) is 9.48. The molecule has 1 fully saturated rings. The van der Waals surface area contributed by atoms with Gasteiger partial charge in [0.05, 0.1) is 0 Å². The second kappa shape index (κ2) is 11.9. The predicted molar refractivity (Wildman–Crippen MR) is 103 cm³/mol. The molecule has 1 atom stereocenters. The van der Waals surface area contributed by atoms with Gasteiger partial charge in [-0.3, -0.25) is 14.7 Å². The Labute approximate surface area is 151 Å². The summed E-state index contributed by atoms with van der Waals surface area (Å²) >= 11 is 0. The molecule has 3 N–H and O–H groups in total. The van der Waals surface area contributed by atoms with Crippen molar-refractivity contribution in [2.75, 3.05) is 39.8 Å². The number of nitrogens with one attached hydrogen (secondary N) is 3. The molecular formula is C15H32IN5O. The van der Waals surface area contributed by atoms with Crippen molar-refractivity contribution in [3.8, 4) is 0 Å². The summed E-state index contributed by atoms with van der Waals surface area (Å²) in [5.41, 5.74) is 0. The third-order valence-electron chi connectivity index (χ3n) is 3.88. The number of hydrogen-bond acceptors (Lipinski definition) is 3. The maximum Gasteiger partial charge on any atom is 0.222 e. The number of likely N-dealkylation sites (N-methyl/N-ethyl adjacent to an activating group) is 1. The van der Waals surface area contributed by atoms with Crippen LogP contribution in [0.25, 0.3) is 0 Å². The Bertz CT molecular complexity index is 349. The second-order valence-corrected chi connectivity index (χ2v) is 5.75. The first-order valence-corrected chi connectivity index (χ1v) is 8.04. The number of rotatable bonds is 7. The molecule has 1 unspecified atom stereocenters. The topological polar surface area (TPSA) is 68.8 Å². The lowest BCUT2D eigenvalue weighted by atomic mass is 10.2. The number of aliphatic imine (C=N–C) groups is 1. The predicted octanol–water partition coefficient (Wildman–Crippen LogP) is 1.03. The highest BCUT2D eigenvalue weighted by atomic mass is 127. The van der Waals surface area contributed by atoms with E-state index in [4.69, 9.17) is 0 Å². The van der Waals surface area contributed by atoms with Gasteiger partial charge in [-0.05, 0) is 25.9 Å². The van der Waals surface area contributed by atoms with Crippen molar-refractivity contribution in [1.29, 1.82) is 0 Å². The molecular weight excluding hydrogens is 393 g/mol. The molecule has 0 aromatic carbocycles. The molecule has 1 aliphatic rings. The number of hydrogen-bond donors (Lipinski definition) is 3. The van der Waals surface area contributed by atoms with Crippen LogP contribution in [0.2, 0.25) is 0 Å². The lowest BCUT2D eigenvalue weighted by molar-refractivity contribution is -0.123. The molecule has 0 aromatic heterocycles. The largest absolute Gasteiger partial charge is 0.355 e. The molecule has 1 amide bonds. The number of amides is 1. The fourth-order valence-corrected chi connectivity index (χ4v) is 2.55. The maximum absolute atomic E-state index is 11.4. The molecule has 0 saturated carbocycles. The number of carbonyl (C=O) groups is 1. The highest BCUT2D eigenvalue weighted by Gasteiger charge is 2.22. The minimum Gasteiger partial charge on any atom is -0.355 e. The molecule has 0 spiro atoms. The minimum absolute atomic E-state index is 0. The Morgan fingerprint density at radius 3 is 2.55 bits per heavy atom. The number of nitrogens with zero attached hydrogens (tertiary/aromatic N) is 2. The highest BCUT2D eigenvalue weighted by molar-refractivity contribution is 14.0. The Balaban J connectivity index is 0.00000441. The van der Waals surface area contributed by atoms with Gasteiger partial charge in [-0.15, -0.1) is 24.0 Å². The fourth-order valence-electron chi connectivity index (χ4n) is 2.55. The molecule has 7 heteroatoms. The zero-order valence-electron chi connectivity index (χ0n) is 14.3. The molecule has 22 heavy (non-hydrogen) atoms. The van der Waals surface area contributed by atoms with E-state index in [9.17, 15) is 4.79 Å². The van der Waals surface area contributed by atoms with Crippen molar-refractivity contribution in [3.05, 3.63) is 0 Å². The van der Waals surface area contributed by atoms with E-state index in [0.717, 1.165) is 19.0 Å². The molecule has 1 heterocycles. The van der Waals surface area contributed by atoms with Crippen LogP contribution in [0.1, 0.15) is 33.6 Å². The van der Waals surface area contributed by atoms with Crippen molar-refractivity contribution < 1.29 is 4.79 Å². The van der Waals surface area contributed by atoms with E-state index in [2.05, 4.69) is 32.8 Å². The van der Waals surface area contributed by atoms with Crippen molar-refractivity contribution >= 4 is 35.8 Å². The Morgan fingerprint density at radius 2 is 1.95 bits per heavy atom. The van der Waals surface area contributed by atoms with Gasteiger partial charge in [0.15, 0.2) is 5.96 Å². The summed E-state index contributed by atoms with van der Waals surface area (Å²) < 4.78 is 0. The van der Waals surface area contributed by atoms with E-state index in [-0.39, 0.29) is 35.8 Å². The van der Waals surface area contributed by atoms with E-state index >= 15 is 0 Å². The van der Waals surface area contributed by atoms with Crippen molar-refractivity contribution in [2.45, 2.75) is 39.7 Å². The zero-order valence-corrected chi connectivity index (χ0v) is 16.6. The van der Waals surface area contributed by atoms with Crippen LogP contribution in [-0.2, 0) is 4.79 Å². The summed E-state index contributed by atoms with van der Waals surface area (Å²) in [7, 11) is 1.77. The van der Waals surface area contributed by atoms with Crippen LogP contribution in [-0.4, -0.2) is 62.6 Å². The molecule has 130 valence electrons. The van der Waals surface area contributed by atoms with Gasteiger partial charge in [-0.2, -0.15) is 0 Å². The number of halogens is 1. The van der Waals surface area contributed by atoms with E-state index in [1.165, 1.54) is 19.4 Å². The van der Waals surface area contributed by atoms with E-state index in [1.54, 1.807) is 7.05 Å².